The molecule has 2 aromatic rings. The molecule has 2 aromatic carbocycles. The summed E-state index contributed by atoms with van der Waals surface area (Å²) >= 11 is 0. The van der Waals surface area contributed by atoms with Crippen molar-refractivity contribution >= 4 is 17.5 Å². The molecule has 2 N–H and O–H groups in total. The standard InChI is InChI=1S/C23H26F3N3O2/c1-15(29-11-9-17(10-12-29)13-16-5-3-2-4-6-16)23(31)27-14-20(30)28-19-8-7-18(24)21(25)22(19)26/h2-8,15,17H,9-14H2,1H3,(H,27,31)(H,28,30)/t15-/m0/s1. The smallest absolute Gasteiger partial charge is 0.243 e. The molecule has 1 saturated heterocycles. The number of amides is 2. The molecule has 1 atom stereocenters. The van der Waals surface area contributed by atoms with Gasteiger partial charge in [0, 0.05) is 0 Å². The topological polar surface area (TPSA) is 61.4 Å². The number of benzene rings is 2. The fourth-order valence-corrected chi connectivity index (χ4v) is 3.79. The maximum Gasteiger partial charge on any atom is 0.243 e. The highest BCUT2D eigenvalue weighted by atomic mass is 19.2. The van der Waals surface area contributed by atoms with E-state index in [9.17, 15) is 22.8 Å². The van der Waals surface area contributed by atoms with Gasteiger partial charge < -0.3 is 10.6 Å². The van der Waals surface area contributed by atoms with Crippen molar-refractivity contribution in [2.75, 3.05) is 25.0 Å². The third-order valence-electron chi connectivity index (χ3n) is 5.68. The third-order valence-corrected chi connectivity index (χ3v) is 5.68. The largest absolute Gasteiger partial charge is 0.346 e. The summed E-state index contributed by atoms with van der Waals surface area (Å²) in [6.45, 7) is 2.96. The first-order chi connectivity index (χ1) is 14.8. The average Bonchev–Trinajstić information content (AvgIpc) is 2.78. The first-order valence-corrected chi connectivity index (χ1v) is 10.3. The number of likely N-dealkylation sites (tertiary alicyclic amines) is 1. The van der Waals surface area contributed by atoms with Gasteiger partial charge in [-0.25, -0.2) is 13.2 Å². The van der Waals surface area contributed by atoms with Crippen LogP contribution < -0.4 is 10.6 Å². The van der Waals surface area contributed by atoms with Gasteiger partial charge in [0.2, 0.25) is 11.8 Å². The number of rotatable bonds is 7. The summed E-state index contributed by atoms with van der Waals surface area (Å²) in [6, 6.07) is 11.6. The van der Waals surface area contributed by atoms with Gasteiger partial charge in [-0.1, -0.05) is 30.3 Å². The molecule has 5 nitrogen and oxygen atoms in total. The van der Waals surface area contributed by atoms with Crippen LogP contribution >= 0.6 is 0 Å². The Balaban J connectivity index is 1.42. The van der Waals surface area contributed by atoms with Crippen molar-refractivity contribution in [3.8, 4) is 0 Å². The van der Waals surface area contributed by atoms with Crippen molar-refractivity contribution in [2.45, 2.75) is 32.2 Å². The van der Waals surface area contributed by atoms with Crippen LogP contribution in [-0.4, -0.2) is 42.4 Å². The maximum atomic E-state index is 13.6. The summed E-state index contributed by atoms with van der Waals surface area (Å²) < 4.78 is 39.8. The maximum absolute atomic E-state index is 13.6. The predicted octanol–water partition coefficient (Wildman–Crippen LogP) is 3.50. The summed E-state index contributed by atoms with van der Waals surface area (Å²) in [4.78, 5) is 26.5. The van der Waals surface area contributed by atoms with Crippen LogP contribution in [0.4, 0.5) is 18.9 Å². The number of nitrogens with one attached hydrogen (secondary N) is 2. The van der Waals surface area contributed by atoms with Crippen molar-refractivity contribution < 1.29 is 22.8 Å². The lowest BCUT2D eigenvalue weighted by Gasteiger charge is -2.35. The Morgan fingerprint density at radius 2 is 1.71 bits per heavy atom. The monoisotopic (exact) mass is 433 g/mol. The molecule has 1 aliphatic rings. The molecule has 0 spiro atoms. The van der Waals surface area contributed by atoms with Gasteiger partial charge in [0.25, 0.3) is 0 Å². The van der Waals surface area contributed by atoms with Gasteiger partial charge in [0.05, 0.1) is 18.3 Å². The quantitative estimate of drug-likeness (QED) is 0.657. The third kappa shape index (κ3) is 6.07. The normalized spacial score (nSPS) is 16.0. The number of carbonyl (C=O) groups is 2. The molecule has 1 fully saturated rings. The number of piperidine rings is 1. The SMILES string of the molecule is C[C@@H](C(=O)NCC(=O)Nc1ccc(F)c(F)c1F)N1CCC(Cc2ccccc2)CC1. The van der Waals surface area contributed by atoms with Crippen molar-refractivity contribution in [1.29, 1.82) is 0 Å². The first kappa shape index (κ1) is 22.8. The minimum Gasteiger partial charge on any atom is -0.346 e. The van der Waals surface area contributed by atoms with Gasteiger partial charge in [-0.05, 0) is 62.9 Å². The average molecular weight is 433 g/mol. The zero-order chi connectivity index (χ0) is 22.4. The Morgan fingerprint density at radius 3 is 2.39 bits per heavy atom. The molecule has 0 unspecified atom stereocenters. The summed E-state index contributed by atoms with van der Waals surface area (Å²) in [5.74, 6) is -4.96. The summed E-state index contributed by atoms with van der Waals surface area (Å²) in [5, 5.41) is 4.65. The molecule has 1 aliphatic heterocycles. The van der Waals surface area contributed by atoms with E-state index in [1.807, 2.05) is 18.2 Å². The highest BCUT2D eigenvalue weighted by Crippen LogP contribution is 2.23. The van der Waals surface area contributed by atoms with Crippen LogP contribution in [0.15, 0.2) is 42.5 Å². The van der Waals surface area contributed by atoms with E-state index >= 15 is 0 Å². The van der Waals surface area contributed by atoms with Gasteiger partial charge in [-0.3, -0.25) is 14.5 Å². The second-order valence-corrected chi connectivity index (χ2v) is 7.83. The van der Waals surface area contributed by atoms with Gasteiger partial charge >= 0.3 is 0 Å². The second-order valence-electron chi connectivity index (χ2n) is 7.83. The number of carbonyl (C=O) groups excluding carboxylic acids is 2. The molecule has 0 aromatic heterocycles. The Bertz CT molecular complexity index is 916. The second kappa shape index (κ2) is 10.4. The van der Waals surface area contributed by atoms with E-state index in [1.165, 1.54) is 5.56 Å². The summed E-state index contributed by atoms with van der Waals surface area (Å²) in [6.07, 6.45) is 3.00. The molecule has 0 bridgehead atoms. The fraction of sp³-hybridized carbons (Fsp3) is 0.391. The molecular formula is C23H26F3N3O2. The van der Waals surface area contributed by atoms with Crippen LogP contribution in [0.25, 0.3) is 0 Å². The highest BCUT2D eigenvalue weighted by Gasteiger charge is 2.27. The van der Waals surface area contributed by atoms with Gasteiger partial charge in [0.1, 0.15) is 0 Å². The zero-order valence-electron chi connectivity index (χ0n) is 17.3. The van der Waals surface area contributed by atoms with E-state index in [0.717, 1.165) is 44.5 Å². The molecule has 8 heteroatoms. The van der Waals surface area contributed by atoms with E-state index < -0.39 is 41.6 Å². The van der Waals surface area contributed by atoms with Crippen molar-refractivity contribution in [1.82, 2.24) is 10.2 Å². The molecule has 0 radical (unpaired) electrons. The molecule has 0 aliphatic carbocycles. The number of nitrogens with zero attached hydrogens (tertiary/aromatic N) is 1. The van der Waals surface area contributed by atoms with Crippen LogP contribution in [0, 0.1) is 23.4 Å². The van der Waals surface area contributed by atoms with Gasteiger partial charge in [-0.2, -0.15) is 0 Å². The Kier molecular flexibility index (Phi) is 7.68. The van der Waals surface area contributed by atoms with E-state index in [2.05, 4.69) is 27.7 Å². The van der Waals surface area contributed by atoms with Crippen LogP contribution in [0.1, 0.15) is 25.3 Å². The lowest BCUT2D eigenvalue weighted by atomic mass is 9.89. The number of halogens is 3. The lowest BCUT2D eigenvalue weighted by Crippen LogP contribution is -2.49. The first-order valence-electron chi connectivity index (χ1n) is 10.3. The van der Waals surface area contributed by atoms with E-state index in [-0.39, 0.29) is 5.91 Å². The molecule has 0 saturated carbocycles. The molecule has 1 heterocycles. The Labute approximate surface area is 179 Å². The summed E-state index contributed by atoms with van der Waals surface area (Å²) in [7, 11) is 0. The lowest BCUT2D eigenvalue weighted by molar-refractivity contribution is -0.128. The molecule has 166 valence electrons. The molecule has 2 amide bonds. The minimum absolute atomic E-state index is 0.317. The summed E-state index contributed by atoms with van der Waals surface area (Å²) in [5.41, 5.74) is 0.835. The van der Waals surface area contributed by atoms with Crippen molar-refractivity contribution in [2.24, 2.45) is 5.92 Å². The van der Waals surface area contributed by atoms with Crippen LogP contribution in [0.5, 0.6) is 0 Å². The van der Waals surface area contributed by atoms with Crippen LogP contribution in [0.2, 0.25) is 0 Å². The van der Waals surface area contributed by atoms with Crippen LogP contribution in [0.3, 0.4) is 0 Å². The molecule has 31 heavy (non-hydrogen) atoms. The number of anilines is 1. The van der Waals surface area contributed by atoms with Gasteiger partial charge in [0.15, 0.2) is 17.5 Å². The fourth-order valence-electron chi connectivity index (χ4n) is 3.79. The van der Waals surface area contributed by atoms with E-state index in [4.69, 9.17) is 0 Å². The van der Waals surface area contributed by atoms with Crippen molar-refractivity contribution in [3.05, 3.63) is 65.5 Å². The number of hydrogen-bond donors (Lipinski definition) is 2. The zero-order valence-corrected chi connectivity index (χ0v) is 17.3. The van der Waals surface area contributed by atoms with E-state index in [1.54, 1.807) is 6.92 Å². The molecule has 3 rings (SSSR count). The minimum atomic E-state index is -1.66. The molecular weight excluding hydrogens is 407 g/mol. The van der Waals surface area contributed by atoms with Crippen molar-refractivity contribution in [3.63, 3.8) is 0 Å². The Morgan fingerprint density at radius 1 is 1.03 bits per heavy atom. The van der Waals surface area contributed by atoms with Gasteiger partial charge in [-0.15, -0.1) is 0 Å². The van der Waals surface area contributed by atoms with E-state index in [0.29, 0.717) is 5.92 Å². The predicted molar refractivity (Wildman–Crippen MR) is 112 cm³/mol. The highest BCUT2D eigenvalue weighted by molar-refractivity contribution is 5.95. The van der Waals surface area contributed by atoms with Crippen LogP contribution in [-0.2, 0) is 16.0 Å². The number of hydrogen-bond acceptors (Lipinski definition) is 3. The Hall–Kier alpha value is -2.87.